The number of hydrogen-bond donors (Lipinski definition) is 1. The van der Waals surface area contributed by atoms with Gasteiger partial charge in [-0.15, -0.1) is 0 Å². The van der Waals surface area contributed by atoms with Gasteiger partial charge in [0.1, 0.15) is 11.5 Å². The normalized spacial score (nSPS) is 15.7. The first-order chi connectivity index (χ1) is 14.6. The first-order valence-corrected chi connectivity index (χ1v) is 9.42. The molecule has 0 spiro atoms. The van der Waals surface area contributed by atoms with Crippen LogP contribution in [0.5, 0.6) is 17.5 Å². The fraction of sp³-hybridized carbons (Fsp3) is 0.182. The zero-order chi connectivity index (χ0) is 20.9. The van der Waals surface area contributed by atoms with Crippen LogP contribution in [0, 0.1) is 5.92 Å². The Bertz CT molecular complexity index is 1040. The number of anilines is 2. The van der Waals surface area contributed by atoms with Crippen molar-refractivity contribution in [3.8, 4) is 17.5 Å². The number of hydrogen-bond acceptors (Lipinski definition) is 6. The molecule has 1 unspecified atom stereocenters. The summed E-state index contributed by atoms with van der Waals surface area (Å²) < 4.78 is 10.7. The Morgan fingerprint density at radius 1 is 1.07 bits per heavy atom. The van der Waals surface area contributed by atoms with Gasteiger partial charge in [0.05, 0.1) is 31.1 Å². The van der Waals surface area contributed by atoms with Crippen LogP contribution >= 0.6 is 0 Å². The summed E-state index contributed by atoms with van der Waals surface area (Å²) in [5.74, 6) is 0.448. The van der Waals surface area contributed by atoms with Gasteiger partial charge in [-0.05, 0) is 24.3 Å². The van der Waals surface area contributed by atoms with Gasteiger partial charge in [0, 0.05) is 24.7 Å². The molecule has 1 fully saturated rings. The molecule has 1 atom stereocenters. The summed E-state index contributed by atoms with van der Waals surface area (Å²) in [4.78, 5) is 34.9. The number of nitrogens with zero attached hydrogens (tertiary/aromatic N) is 3. The zero-order valence-electron chi connectivity index (χ0n) is 16.3. The highest BCUT2D eigenvalue weighted by atomic mass is 16.5. The maximum absolute atomic E-state index is 12.6. The molecule has 30 heavy (non-hydrogen) atoms. The molecular weight excluding hydrogens is 384 g/mol. The SMILES string of the molecule is COc1cccc(N2CC(C(=O)Nc3cnc(Oc4ccccc4)nc3)CC2=O)c1. The average Bonchev–Trinajstić information content (AvgIpc) is 3.18. The topological polar surface area (TPSA) is 93.7 Å². The van der Waals surface area contributed by atoms with E-state index in [9.17, 15) is 9.59 Å². The lowest BCUT2D eigenvalue weighted by atomic mass is 10.1. The van der Waals surface area contributed by atoms with Gasteiger partial charge in [0.2, 0.25) is 11.8 Å². The quantitative estimate of drug-likeness (QED) is 0.678. The first kappa shape index (κ1) is 19.4. The number of carbonyl (C=O) groups excluding carboxylic acids is 2. The lowest BCUT2D eigenvalue weighted by Gasteiger charge is -2.17. The molecular formula is C22H20N4O4. The van der Waals surface area contributed by atoms with Gasteiger partial charge in [-0.1, -0.05) is 24.3 Å². The highest BCUT2D eigenvalue weighted by Gasteiger charge is 2.35. The number of ether oxygens (including phenoxy) is 2. The first-order valence-electron chi connectivity index (χ1n) is 9.42. The predicted molar refractivity (Wildman–Crippen MR) is 111 cm³/mol. The molecule has 1 N–H and O–H groups in total. The molecule has 1 aromatic heterocycles. The summed E-state index contributed by atoms with van der Waals surface area (Å²) in [6, 6.07) is 16.6. The number of aromatic nitrogens is 2. The van der Waals surface area contributed by atoms with E-state index in [2.05, 4.69) is 15.3 Å². The molecule has 2 amide bonds. The summed E-state index contributed by atoms with van der Waals surface area (Å²) in [7, 11) is 1.57. The van der Waals surface area contributed by atoms with Crippen molar-refractivity contribution >= 4 is 23.2 Å². The minimum Gasteiger partial charge on any atom is -0.497 e. The molecule has 0 radical (unpaired) electrons. The van der Waals surface area contributed by atoms with Crippen molar-refractivity contribution in [2.24, 2.45) is 5.92 Å². The number of methoxy groups -OCH3 is 1. The largest absolute Gasteiger partial charge is 0.497 e. The van der Waals surface area contributed by atoms with E-state index in [1.807, 2.05) is 30.3 Å². The lowest BCUT2D eigenvalue weighted by molar-refractivity contribution is -0.122. The van der Waals surface area contributed by atoms with E-state index in [0.29, 0.717) is 29.4 Å². The molecule has 2 heterocycles. The second-order valence-electron chi connectivity index (χ2n) is 6.77. The molecule has 0 saturated carbocycles. The van der Waals surface area contributed by atoms with Crippen LogP contribution in [0.3, 0.4) is 0 Å². The van der Waals surface area contributed by atoms with Crippen LogP contribution < -0.4 is 19.7 Å². The number of rotatable bonds is 6. The van der Waals surface area contributed by atoms with Crippen LogP contribution in [0.25, 0.3) is 0 Å². The Labute approximate surface area is 173 Å². The van der Waals surface area contributed by atoms with Gasteiger partial charge in [0.15, 0.2) is 0 Å². The maximum Gasteiger partial charge on any atom is 0.322 e. The number of carbonyl (C=O) groups is 2. The van der Waals surface area contributed by atoms with Crippen molar-refractivity contribution in [2.75, 3.05) is 23.9 Å². The van der Waals surface area contributed by atoms with Crippen LogP contribution in [0.15, 0.2) is 67.0 Å². The van der Waals surface area contributed by atoms with Crippen LogP contribution in [0.4, 0.5) is 11.4 Å². The molecule has 4 rings (SSSR count). The Hall–Kier alpha value is -3.94. The summed E-state index contributed by atoms with van der Waals surface area (Å²) in [5.41, 5.74) is 1.15. The van der Waals surface area contributed by atoms with Crippen molar-refractivity contribution in [1.29, 1.82) is 0 Å². The summed E-state index contributed by atoms with van der Waals surface area (Å²) in [6.45, 7) is 0.299. The minimum absolute atomic E-state index is 0.105. The fourth-order valence-corrected chi connectivity index (χ4v) is 3.18. The molecule has 1 aliphatic rings. The molecule has 0 bridgehead atoms. The summed E-state index contributed by atoms with van der Waals surface area (Å²) >= 11 is 0. The van der Waals surface area contributed by atoms with Gasteiger partial charge < -0.3 is 19.7 Å². The van der Waals surface area contributed by atoms with Crippen LogP contribution in [0.1, 0.15) is 6.42 Å². The highest BCUT2D eigenvalue weighted by Crippen LogP contribution is 2.28. The standard InChI is InChI=1S/C22H20N4O4/c1-29-19-9-5-6-17(11-19)26-14-15(10-20(26)27)21(28)25-16-12-23-22(24-13-16)30-18-7-3-2-4-8-18/h2-9,11-13,15H,10,14H2,1H3,(H,25,28). The second-order valence-corrected chi connectivity index (χ2v) is 6.77. The molecule has 2 aromatic carbocycles. The van der Waals surface area contributed by atoms with Crippen molar-refractivity contribution in [1.82, 2.24) is 9.97 Å². The smallest absolute Gasteiger partial charge is 0.322 e. The molecule has 3 aromatic rings. The maximum atomic E-state index is 12.6. The van der Waals surface area contributed by atoms with E-state index < -0.39 is 5.92 Å². The van der Waals surface area contributed by atoms with E-state index in [-0.39, 0.29) is 24.2 Å². The Kier molecular flexibility index (Phi) is 5.56. The second kappa shape index (κ2) is 8.60. The van der Waals surface area contributed by atoms with Crippen molar-refractivity contribution < 1.29 is 19.1 Å². The monoisotopic (exact) mass is 404 g/mol. The van der Waals surface area contributed by atoms with Gasteiger partial charge >= 0.3 is 6.01 Å². The third-order valence-corrected chi connectivity index (χ3v) is 4.71. The van der Waals surface area contributed by atoms with Crippen molar-refractivity contribution in [3.63, 3.8) is 0 Å². The molecule has 1 saturated heterocycles. The van der Waals surface area contributed by atoms with Crippen molar-refractivity contribution in [2.45, 2.75) is 6.42 Å². The zero-order valence-corrected chi connectivity index (χ0v) is 16.3. The Balaban J connectivity index is 1.37. The third-order valence-electron chi connectivity index (χ3n) is 4.71. The molecule has 152 valence electrons. The Morgan fingerprint density at radius 2 is 1.80 bits per heavy atom. The van der Waals surface area contributed by atoms with Crippen LogP contribution in [-0.2, 0) is 9.59 Å². The number of nitrogens with one attached hydrogen (secondary N) is 1. The molecule has 8 heteroatoms. The highest BCUT2D eigenvalue weighted by molar-refractivity contribution is 6.03. The van der Waals surface area contributed by atoms with E-state index in [4.69, 9.17) is 9.47 Å². The van der Waals surface area contributed by atoms with E-state index in [1.54, 1.807) is 36.3 Å². The average molecular weight is 404 g/mol. The van der Waals surface area contributed by atoms with Gasteiger partial charge in [-0.2, -0.15) is 0 Å². The van der Waals surface area contributed by atoms with Gasteiger partial charge in [-0.25, -0.2) is 9.97 Å². The molecule has 0 aliphatic carbocycles. The van der Waals surface area contributed by atoms with E-state index in [0.717, 1.165) is 0 Å². The lowest BCUT2D eigenvalue weighted by Crippen LogP contribution is -2.28. The number of para-hydroxylation sites is 1. The summed E-state index contributed by atoms with van der Waals surface area (Å²) in [5, 5.41) is 2.77. The van der Waals surface area contributed by atoms with Gasteiger partial charge in [-0.3, -0.25) is 9.59 Å². The van der Waals surface area contributed by atoms with Crippen LogP contribution in [-0.4, -0.2) is 35.4 Å². The Morgan fingerprint density at radius 3 is 2.53 bits per heavy atom. The number of benzene rings is 2. The van der Waals surface area contributed by atoms with E-state index >= 15 is 0 Å². The van der Waals surface area contributed by atoms with Crippen molar-refractivity contribution in [3.05, 3.63) is 67.0 Å². The summed E-state index contributed by atoms with van der Waals surface area (Å²) in [6.07, 6.45) is 3.08. The third kappa shape index (κ3) is 4.38. The molecule has 1 aliphatic heterocycles. The van der Waals surface area contributed by atoms with Crippen LogP contribution in [0.2, 0.25) is 0 Å². The number of amides is 2. The minimum atomic E-state index is -0.469. The predicted octanol–water partition coefficient (Wildman–Crippen LogP) is 3.27. The fourth-order valence-electron chi connectivity index (χ4n) is 3.18. The molecule has 8 nitrogen and oxygen atoms in total. The van der Waals surface area contributed by atoms with E-state index in [1.165, 1.54) is 12.4 Å². The van der Waals surface area contributed by atoms with Gasteiger partial charge in [0.25, 0.3) is 0 Å².